The molecular weight excluding hydrogens is 132 g/mol. The molecule has 1 heterocycles. The van der Waals surface area contributed by atoms with Crippen LogP contribution >= 0.6 is 11.8 Å². The van der Waals surface area contributed by atoms with Gasteiger partial charge in [0.05, 0.1) is 0 Å². The fourth-order valence-electron chi connectivity index (χ4n) is 1.76. The molecule has 0 aromatic carbocycles. The molecule has 2 rings (SSSR count). The number of hydrogen-bond acceptors (Lipinski definition) is 2. The Morgan fingerprint density at radius 1 is 1.22 bits per heavy atom. The molecule has 0 amide bonds. The molecule has 2 aliphatic rings. The summed E-state index contributed by atoms with van der Waals surface area (Å²) in [6.07, 6.45) is 1.77. The standard InChI is InChI=1S/C7H10OS/c8-7-1-5-3-9-4-6(5)2-7/h5-6H,1-4H2/t5-,6-/m1/s1. The first-order valence-corrected chi connectivity index (χ1v) is 4.61. The van der Waals surface area contributed by atoms with Crippen molar-refractivity contribution in [2.24, 2.45) is 11.8 Å². The van der Waals surface area contributed by atoms with E-state index >= 15 is 0 Å². The first-order chi connectivity index (χ1) is 4.36. The van der Waals surface area contributed by atoms with Crippen molar-refractivity contribution in [3.05, 3.63) is 0 Å². The van der Waals surface area contributed by atoms with E-state index in [1.54, 1.807) is 0 Å². The van der Waals surface area contributed by atoms with Gasteiger partial charge < -0.3 is 0 Å². The minimum atomic E-state index is 0.505. The zero-order valence-electron chi connectivity index (χ0n) is 5.30. The van der Waals surface area contributed by atoms with E-state index in [0.29, 0.717) is 5.78 Å². The molecular formula is C7H10OS. The molecule has 2 atom stereocenters. The van der Waals surface area contributed by atoms with Crippen LogP contribution in [0.15, 0.2) is 0 Å². The molecule has 9 heavy (non-hydrogen) atoms. The van der Waals surface area contributed by atoms with Crippen LogP contribution < -0.4 is 0 Å². The van der Waals surface area contributed by atoms with E-state index in [9.17, 15) is 4.79 Å². The Hall–Kier alpha value is 0.0200. The van der Waals surface area contributed by atoms with Gasteiger partial charge in [0.15, 0.2) is 0 Å². The first-order valence-electron chi connectivity index (χ1n) is 3.45. The maximum absolute atomic E-state index is 10.8. The summed E-state index contributed by atoms with van der Waals surface area (Å²) < 4.78 is 0. The van der Waals surface area contributed by atoms with Crippen molar-refractivity contribution in [1.82, 2.24) is 0 Å². The molecule has 0 spiro atoms. The van der Waals surface area contributed by atoms with Gasteiger partial charge in [0.2, 0.25) is 0 Å². The minimum Gasteiger partial charge on any atom is -0.300 e. The minimum absolute atomic E-state index is 0.505. The van der Waals surface area contributed by atoms with Crippen molar-refractivity contribution in [2.75, 3.05) is 11.5 Å². The molecule has 1 aliphatic heterocycles. The number of thioether (sulfide) groups is 1. The summed E-state index contributed by atoms with van der Waals surface area (Å²) in [5, 5.41) is 0. The third kappa shape index (κ3) is 0.895. The molecule has 2 heteroatoms. The Labute approximate surface area is 59.2 Å². The lowest BCUT2D eigenvalue weighted by Crippen LogP contribution is -2.01. The molecule has 0 radical (unpaired) electrons. The van der Waals surface area contributed by atoms with Crippen LogP contribution in [0.3, 0.4) is 0 Å². The smallest absolute Gasteiger partial charge is 0.133 e. The van der Waals surface area contributed by atoms with Gasteiger partial charge in [-0.3, -0.25) is 4.79 Å². The Bertz CT molecular complexity index is 130. The van der Waals surface area contributed by atoms with Gasteiger partial charge in [0.25, 0.3) is 0 Å². The summed E-state index contributed by atoms with van der Waals surface area (Å²) in [6.45, 7) is 0. The molecule has 0 N–H and O–H groups in total. The van der Waals surface area contributed by atoms with E-state index in [2.05, 4.69) is 0 Å². The number of Topliss-reactive ketones (excluding diaryl/α,β-unsaturated/α-hetero) is 1. The molecule has 2 fully saturated rings. The van der Waals surface area contributed by atoms with Crippen LogP contribution in [0.5, 0.6) is 0 Å². The van der Waals surface area contributed by atoms with Crippen LogP contribution in [0.2, 0.25) is 0 Å². The summed E-state index contributed by atoms with van der Waals surface area (Å²) in [5.74, 6) is 4.53. The normalized spacial score (nSPS) is 41.6. The largest absolute Gasteiger partial charge is 0.300 e. The van der Waals surface area contributed by atoms with Crippen molar-refractivity contribution in [3.63, 3.8) is 0 Å². The van der Waals surface area contributed by atoms with Crippen molar-refractivity contribution in [3.8, 4) is 0 Å². The van der Waals surface area contributed by atoms with E-state index in [1.165, 1.54) is 11.5 Å². The molecule has 1 nitrogen and oxygen atoms in total. The number of fused-ring (bicyclic) bond motifs is 1. The highest BCUT2D eigenvalue weighted by atomic mass is 32.2. The number of hydrogen-bond donors (Lipinski definition) is 0. The molecule has 1 saturated carbocycles. The fourth-order valence-corrected chi connectivity index (χ4v) is 3.28. The Morgan fingerprint density at radius 3 is 2.33 bits per heavy atom. The second-order valence-electron chi connectivity index (χ2n) is 3.00. The van der Waals surface area contributed by atoms with E-state index < -0.39 is 0 Å². The maximum Gasteiger partial charge on any atom is 0.133 e. The third-order valence-electron chi connectivity index (χ3n) is 2.31. The number of rotatable bonds is 0. The van der Waals surface area contributed by atoms with Gasteiger partial charge in [-0.1, -0.05) is 0 Å². The Kier molecular flexibility index (Phi) is 1.29. The van der Waals surface area contributed by atoms with E-state index in [1.807, 2.05) is 11.8 Å². The van der Waals surface area contributed by atoms with Crippen LogP contribution in [-0.4, -0.2) is 17.3 Å². The average Bonchev–Trinajstić information content (AvgIpc) is 2.22. The first kappa shape index (κ1) is 5.78. The van der Waals surface area contributed by atoms with Gasteiger partial charge in [0.1, 0.15) is 5.78 Å². The number of carbonyl (C=O) groups is 1. The van der Waals surface area contributed by atoms with Gasteiger partial charge in [-0.15, -0.1) is 0 Å². The van der Waals surface area contributed by atoms with Gasteiger partial charge in [-0.05, 0) is 23.3 Å². The van der Waals surface area contributed by atoms with Crippen LogP contribution in [0.1, 0.15) is 12.8 Å². The predicted octanol–water partition coefficient (Wildman–Crippen LogP) is 1.33. The van der Waals surface area contributed by atoms with Gasteiger partial charge in [-0.25, -0.2) is 0 Å². The lowest BCUT2D eigenvalue weighted by molar-refractivity contribution is -0.117. The average molecular weight is 142 g/mol. The third-order valence-corrected chi connectivity index (χ3v) is 3.64. The zero-order chi connectivity index (χ0) is 6.27. The predicted molar refractivity (Wildman–Crippen MR) is 38.5 cm³/mol. The number of ketones is 1. The SMILES string of the molecule is O=C1C[C@@H]2CSC[C@H]2C1. The van der Waals surface area contributed by atoms with Crippen LogP contribution in [0.25, 0.3) is 0 Å². The Morgan fingerprint density at radius 2 is 1.78 bits per heavy atom. The summed E-state index contributed by atoms with van der Waals surface area (Å²) in [4.78, 5) is 10.8. The maximum atomic E-state index is 10.8. The lowest BCUT2D eigenvalue weighted by atomic mass is 10.0. The van der Waals surface area contributed by atoms with Crippen molar-refractivity contribution >= 4 is 17.5 Å². The molecule has 0 aromatic rings. The molecule has 0 aromatic heterocycles. The monoisotopic (exact) mass is 142 g/mol. The highest BCUT2D eigenvalue weighted by Gasteiger charge is 2.36. The van der Waals surface area contributed by atoms with Gasteiger partial charge >= 0.3 is 0 Å². The summed E-state index contributed by atoms with van der Waals surface area (Å²) in [5.41, 5.74) is 0. The van der Waals surface area contributed by atoms with Gasteiger partial charge in [0, 0.05) is 12.8 Å². The zero-order valence-corrected chi connectivity index (χ0v) is 6.12. The molecule has 0 bridgehead atoms. The van der Waals surface area contributed by atoms with E-state index in [4.69, 9.17) is 0 Å². The van der Waals surface area contributed by atoms with Crippen molar-refractivity contribution in [2.45, 2.75) is 12.8 Å². The van der Waals surface area contributed by atoms with Gasteiger partial charge in [-0.2, -0.15) is 11.8 Å². The van der Waals surface area contributed by atoms with Crippen molar-refractivity contribution in [1.29, 1.82) is 0 Å². The summed E-state index contributed by atoms with van der Waals surface area (Å²) >= 11 is 2.02. The topological polar surface area (TPSA) is 17.1 Å². The summed E-state index contributed by atoms with van der Waals surface area (Å²) in [6, 6.07) is 0. The summed E-state index contributed by atoms with van der Waals surface area (Å²) in [7, 11) is 0. The second kappa shape index (κ2) is 2.01. The van der Waals surface area contributed by atoms with Crippen LogP contribution in [0, 0.1) is 11.8 Å². The lowest BCUT2D eigenvalue weighted by Gasteiger charge is -2.01. The highest BCUT2D eigenvalue weighted by molar-refractivity contribution is 7.99. The fraction of sp³-hybridized carbons (Fsp3) is 0.857. The van der Waals surface area contributed by atoms with E-state index in [-0.39, 0.29) is 0 Å². The van der Waals surface area contributed by atoms with Crippen molar-refractivity contribution < 1.29 is 4.79 Å². The quantitative estimate of drug-likeness (QED) is 0.507. The van der Waals surface area contributed by atoms with Crippen LogP contribution in [-0.2, 0) is 4.79 Å². The molecule has 1 saturated heterocycles. The Balaban J connectivity index is 2.09. The number of carbonyl (C=O) groups excluding carboxylic acids is 1. The van der Waals surface area contributed by atoms with E-state index in [0.717, 1.165) is 24.7 Å². The second-order valence-corrected chi connectivity index (χ2v) is 4.08. The molecule has 0 unspecified atom stereocenters. The van der Waals surface area contributed by atoms with Crippen LogP contribution in [0.4, 0.5) is 0 Å². The molecule has 1 aliphatic carbocycles. The highest BCUT2D eigenvalue weighted by Crippen LogP contribution is 2.39. The molecule has 50 valence electrons.